The quantitative estimate of drug-likeness (QED) is 0.684. The zero-order valence-corrected chi connectivity index (χ0v) is 9.92. The van der Waals surface area contributed by atoms with Crippen LogP contribution in [0.5, 0.6) is 0 Å². The molecule has 6 heteroatoms. The third-order valence-corrected chi connectivity index (χ3v) is 2.69. The van der Waals surface area contributed by atoms with Crippen molar-refractivity contribution >= 4 is 17.5 Å². The fourth-order valence-corrected chi connectivity index (χ4v) is 1.89. The summed E-state index contributed by atoms with van der Waals surface area (Å²) in [5.74, 6) is -0.707. The first-order chi connectivity index (χ1) is 8.58. The molecule has 0 spiro atoms. The molecule has 1 aromatic carbocycles. The SMILES string of the molecule is CC(=O)NCCNC1C(=O)Nc2cc(F)ccc21. The highest BCUT2D eigenvalue weighted by molar-refractivity contribution is 6.02. The average molecular weight is 251 g/mol. The van der Waals surface area contributed by atoms with E-state index in [4.69, 9.17) is 0 Å². The van der Waals surface area contributed by atoms with E-state index in [1.54, 1.807) is 6.07 Å². The first-order valence-corrected chi connectivity index (χ1v) is 5.66. The first-order valence-electron chi connectivity index (χ1n) is 5.66. The maximum atomic E-state index is 13.0. The second-order valence-corrected chi connectivity index (χ2v) is 4.09. The van der Waals surface area contributed by atoms with Crippen LogP contribution in [0.25, 0.3) is 0 Å². The Morgan fingerprint density at radius 1 is 1.44 bits per heavy atom. The number of rotatable bonds is 4. The summed E-state index contributed by atoms with van der Waals surface area (Å²) in [6.07, 6.45) is 0. The molecule has 1 aliphatic rings. The fraction of sp³-hybridized carbons (Fsp3) is 0.333. The van der Waals surface area contributed by atoms with E-state index in [1.807, 2.05) is 0 Å². The molecule has 0 fully saturated rings. The number of hydrogen-bond acceptors (Lipinski definition) is 3. The molecular formula is C12H14FN3O2. The van der Waals surface area contributed by atoms with Crippen molar-refractivity contribution in [3.8, 4) is 0 Å². The minimum absolute atomic E-state index is 0.116. The van der Waals surface area contributed by atoms with Crippen molar-refractivity contribution in [2.24, 2.45) is 0 Å². The van der Waals surface area contributed by atoms with Crippen LogP contribution in [-0.2, 0) is 9.59 Å². The molecule has 1 aliphatic heterocycles. The maximum absolute atomic E-state index is 13.0. The summed E-state index contributed by atoms with van der Waals surface area (Å²) in [5.41, 5.74) is 1.22. The van der Waals surface area contributed by atoms with Gasteiger partial charge in [-0.05, 0) is 12.1 Å². The van der Waals surface area contributed by atoms with Crippen molar-refractivity contribution in [2.45, 2.75) is 13.0 Å². The molecule has 0 aliphatic carbocycles. The van der Waals surface area contributed by atoms with E-state index in [-0.39, 0.29) is 17.6 Å². The Labute approximate surface area is 104 Å². The third kappa shape index (κ3) is 2.65. The molecule has 1 aromatic rings. The van der Waals surface area contributed by atoms with E-state index in [2.05, 4.69) is 16.0 Å². The summed E-state index contributed by atoms with van der Waals surface area (Å²) in [6.45, 7) is 2.34. The molecule has 0 bridgehead atoms. The van der Waals surface area contributed by atoms with Gasteiger partial charge in [0.15, 0.2) is 0 Å². The number of nitrogens with one attached hydrogen (secondary N) is 3. The minimum Gasteiger partial charge on any atom is -0.355 e. The molecule has 0 saturated heterocycles. The summed E-state index contributed by atoms with van der Waals surface area (Å²) in [6, 6.07) is 3.71. The fourth-order valence-electron chi connectivity index (χ4n) is 1.89. The topological polar surface area (TPSA) is 70.2 Å². The van der Waals surface area contributed by atoms with Crippen molar-refractivity contribution in [3.05, 3.63) is 29.6 Å². The Balaban J connectivity index is 1.98. The molecule has 5 nitrogen and oxygen atoms in total. The normalized spacial score (nSPS) is 17.2. The average Bonchev–Trinajstić information content (AvgIpc) is 2.59. The predicted octanol–water partition coefficient (Wildman–Crippen LogP) is 0.545. The van der Waals surface area contributed by atoms with E-state index >= 15 is 0 Å². The van der Waals surface area contributed by atoms with Crippen LogP contribution >= 0.6 is 0 Å². The Morgan fingerprint density at radius 2 is 2.22 bits per heavy atom. The summed E-state index contributed by atoms with van der Waals surface area (Å²) in [5, 5.41) is 8.25. The van der Waals surface area contributed by atoms with Crippen LogP contribution in [0.3, 0.4) is 0 Å². The van der Waals surface area contributed by atoms with Gasteiger partial charge in [-0.3, -0.25) is 9.59 Å². The molecular weight excluding hydrogens is 237 g/mol. The first kappa shape index (κ1) is 12.5. The minimum atomic E-state index is -0.491. The highest BCUT2D eigenvalue weighted by Crippen LogP contribution is 2.30. The van der Waals surface area contributed by atoms with Gasteiger partial charge in [-0.1, -0.05) is 6.07 Å². The van der Waals surface area contributed by atoms with E-state index in [0.717, 1.165) is 5.56 Å². The van der Waals surface area contributed by atoms with Gasteiger partial charge < -0.3 is 16.0 Å². The van der Waals surface area contributed by atoms with Gasteiger partial charge >= 0.3 is 0 Å². The van der Waals surface area contributed by atoms with Crippen LogP contribution in [0.4, 0.5) is 10.1 Å². The molecule has 1 heterocycles. The predicted molar refractivity (Wildman–Crippen MR) is 64.5 cm³/mol. The van der Waals surface area contributed by atoms with Gasteiger partial charge in [0.25, 0.3) is 0 Å². The van der Waals surface area contributed by atoms with Gasteiger partial charge in [-0.2, -0.15) is 0 Å². The molecule has 0 radical (unpaired) electrons. The highest BCUT2D eigenvalue weighted by Gasteiger charge is 2.29. The lowest BCUT2D eigenvalue weighted by molar-refractivity contribution is -0.118. The number of anilines is 1. The molecule has 18 heavy (non-hydrogen) atoms. The molecule has 0 saturated carbocycles. The smallest absolute Gasteiger partial charge is 0.246 e. The Kier molecular flexibility index (Phi) is 3.57. The Hall–Kier alpha value is -1.95. The molecule has 2 rings (SSSR count). The largest absolute Gasteiger partial charge is 0.355 e. The maximum Gasteiger partial charge on any atom is 0.246 e. The monoisotopic (exact) mass is 251 g/mol. The van der Waals surface area contributed by atoms with E-state index in [0.29, 0.717) is 18.8 Å². The van der Waals surface area contributed by atoms with Gasteiger partial charge in [0.1, 0.15) is 11.9 Å². The molecule has 96 valence electrons. The number of amides is 2. The lowest BCUT2D eigenvalue weighted by Gasteiger charge is -2.11. The van der Waals surface area contributed by atoms with Crippen LogP contribution in [-0.4, -0.2) is 24.9 Å². The zero-order chi connectivity index (χ0) is 13.1. The number of carbonyl (C=O) groups excluding carboxylic acids is 2. The third-order valence-electron chi connectivity index (χ3n) is 2.69. The van der Waals surface area contributed by atoms with Crippen molar-refractivity contribution in [1.82, 2.24) is 10.6 Å². The number of hydrogen-bond donors (Lipinski definition) is 3. The summed E-state index contributed by atoms with van der Waals surface area (Å²) in [4.78, 5) is 22.4. The van der Waals surface area contributed by atoms with Crippen molar-refractivity contribution in [3.63, 3.8) is 0 Å². The van der Waals surface area contributed by atoms with Crippen molar-refractivity contribution in [2.75, 3.05) is 18.4 Å². The van der Waals surface area contributed by atoms with Crippen LogP contribution in [0, 0.1) is 5.82 Å². The molecule has 1 atom stereocenters. The van der Waals surface area contributed by atoms with Gasteiger partial charge in [0, 0.05) is 31.3 Å². The molecule has 2 amide bonds. The van der Waals surface area contributed by atoms with Gasteiger partial charge in [0.2, 0.25) is 11.8 Å². The lowest BCUT2D eigenvalue weighted by atomic mass is 10.1. The van der Waals surface area contributed by atoms with Crippen molar-refractivity contribution < 1.29 is 14.0 Å². The number of carbonyl (C=O) groups is 2. The van der Waals surface area contributed by atoms with Gasteiger partial charge in [-0.15, -0.1) is 0 Å². The number of fused-ring (bicyclic) bond motifs is 1. The second kappa shape index (κ2) is 5.14. The molecule has 1 unspecified atom stereocenters. The van der Waals surface area contributed by atoms with Crippen molar-refractivity contribution in [1.29, 1.82) is 0 Å². The van der Waals surface area contributed by atoms with E-state index in [1.165, 1.54) is 19.1 Å². The zero-order valence-electron chi connectivity index (χ0n) is 9.92. The van der Waals surface area contributed by atoms with Crippen LogP contribution in [0.15, 0.2) is 18.2 Å². The van der Waals surface area contributed by atoms with E-state index < -0.39 is 6.04 Å². The van der Waals surface area contributed by atoms with Crippen LogP contribution in [0.2, 0.25) is 0 Å². The Morgan fingerprint density at radius 3 is 2.94 bits per heavy atom. The Bertz CT molecular complexity index is 490. The number of benzene rings is 1. The van der Waals surface area contributed by atoms with Crippen LogP contribution < -0.4 is 16.0 Å². The second-order valence-electron chi connectivity index (χ2n) is 4.09. The lowest BCUT2D eigenvalue weighted by Crippen LogP contribution is -2.34. The number of halogens is 1. The summed E-state index contributed by atoms with van der Waals surface area (Å²) >= 11 is 0. The standard InChI is InChI=1S/C12H14FN3O2/c1-7(17)14-4-5-15-11-9-3-2-8(13)6-10(9)16-12(11)18/h2-3,6,11,15H,4-5H2,1H3,(H,14,17)(H,16,18). The molecule has 3 N–H and O–H groups in total. The van der Waals surface area contributed by atoms with E-state index in [9.17, 15) is 14.0 Å². The van der Waals surface area contributed by atoms with Gasteiger partial charge in [0.05, 0.1) is 0 Å². The van der Waals surface area contributed by atoms with Crippen LogP contribution in [0.1, 0.15) is 18.5 Å². The molecule has 0 aromatic heterocycles. The summed E-state index contributed by atoms with van der Waals surface area (Å²) < 4.78 is 13.0. The highest BCUT2D eigenvalue weighted by atomic mass is 19.1. The van der Waals surface area contributed by atoms with Gasteiger partial charge in [-0.25, -0.2) is 4.39 Å². The summed E-state index contributed by atoms with van der Waals surface area (Å²) in [7, 11) is 0.